The Morgan fingerprint density at radius 2 is 2.05 bits per heavy atom. The summed E-state index contributed by atoms with van der Waals surface area (Å²) in [5, 5.41) is 6.93. The second kappa shape index (κ2) is 7.73. The second-order valence-electron chi connectivity index (χ2n) is 5.63. The summed E-state index contributed by atoms with van der Waals surface area (Å²) in [7, 11) is 0. The summed E-state index contributed by atoms with van der Waals surface area (Å²) in [6, 6.07) is 8.15. The molecule has 0 spiro atoms. The minimum absolute atomic E-state index is 0.0241. The van der Waals surface area contributed by atoms with Crippen LogP contribution in [0.3, 0.4) is 0 Å². The third-order valence-corrected chi connectivity index (χ3v) is 3.47. The molecule has 0 bridgehead atoms. The van der Waals surface area contributed by atoms with E-state index in [1.54, 1.807) is 0 Å². The molecule has 0 aliphatic rings. The van der Waals surface area contributed by atoms with Gasteiger partial charge in [0, 0.05) is 24.4 Å². The van der Waals surface area contributed by atoms with Crippen molar-refractivity contribution in [3.63, 3.8) is 0 Å². The van der Waals surface area contributed by atoms with Crippen molar-refractivity contribution in [3.8, 4) is 11.4 Å². The van der Waals surface area contributed by atoms with E-state index in [9.17, 15) is 4.79 Å². The smallest absolute Gasteiger partial charge is 0.227 e. The lowest BCUT2D eigenvalue weighted by molar-refractivity contribution is -0.121. The van der Waals surface area contributed by atoms with E-state index in [-0.39, 0.29) is 11.9 Å². The van der Waals surface area contributed by atoms with Crippen molar-refractivity contribution >= 4 is 5.91 Å². The SMILES string of the molecule is CCCC(C)NC(=O)CCc1nc(-c2ccc(C)cc2)no1. The van der Waals surface area contributed by atoms with Crippen LogP contribution in [0.2, 0.25) is 0 Å². The molecular weight excluding hydrogens is 278 g/mol. The van der Waals surface area contributed by atoms with Crippen LogP contribution < -0.4 is 5.32 Å². The Hall–Kier alpha value is -2.17. The first-order chi connectivity index (χ1) is 10.6. The number of amides is 1. The van der Waals surface area contributed by atoms with Gasteiger partial charge in [0.05, 0.1) is 0 Å². The Bertz CT molecular complexity index is 605. The fourth-order valence-corrected chi connectivity index (χ4v) is 2.25. The van der Waals surface area contributed by atoms with Gasteiger partial charge in [0.2, 0.25) is 17.6 Å². The van der Waals surface area contributed by atoms with Crippen LogP contribution in [0.1, 0.15) is 44.6 Å². The molecule has 1 atom stereocenters. The molecule has 118 valence electrons. The molecule has 0 fully saturated rings. The van der Waals surface area contributed by atoms with E-state index >= 15 is 0 Å². The number of aromatic nitrogens is 2. The van der Waals surface area contributed by atoms with Crippen molar-refractivity contribution in [2.45, 2.75) is 52.5 Å². The number of aryl methyl sites for hydroxylation is 2. The summed E-state index contributed by atoms with van der Waals surface area (Å²) in [4.78, 5) is 16.2. The van der Waals surface area contributed by atoms with Crippen molar-refractivity contribution in [2.75, 3.05) is 0 Å². The minimum Gasteiger partial charge on any atom is -0.354 e. The van der Waals surface area contributed by atoms with Crippen LogP contribution in [-0.4, -0.2) is 22.1 Å². The number of nitrogens with one attached hydrogen (secondary N) is 1. The Balaban J connectivity index is 1.87. The highest BCUT2D eigenvalue weighted by Gasteiger charge is 2.11. The molecule has 0 saturated heterocycles. The third kappa shape index (κ3) is 4.69. The van der Waals surface area contributed by atoms with Gasteiger partial charge in [-0.25, -0.2) is 0 Å². The summed E-state index contributed by atoms with van der Waals surface area (Å²) in [5.41, 5.74) is 2.10. The van der Waals surface area contributed by atoms with E-state index in [0.29, 0.717) is 24.6 Å². The van der Waals surface area contributed by atoms with Gasteiger partial charge < -0.3 is 9.84 Å². The van der Waals surface area contributed by atoms with Gasteiger partial charge >= 0.3 is 0 Å². The maximum Gasteiger partial charge on any atom is 0.227 e. The van der Waals surface area contributed by atoms with Crippen LogP contribution in [0.25, 0.3) is 11.4 Å². The number of carbonyl (C=O) groups excluding carboxylic acids is 1. The van der Waals surface area contributed by atoms with Crippen molar-refractivity contribution in [1.82, 2.24) is 15.5 Å². The molecule has 5 heteroatoms. The predicted molar refractivity (Wildman–Crippen MR) is 85.3 cm³/mol. The number of benzene rings is 1. The van der Waals surface area contributed by atoms with Crippen LogP contribution in [-0.2, 0) is 11.2 Å². The Morgan fingerprint density at radius 1 is 1.32 bits per heavy atom. The molecule has 0 aliphatic carbocycles. The average Bonchev–Trinajstić information content (AvgIpc) is 2.95. The monoisotopic (exact) mass is 301 g/mol. The Morgan fingerprint density at radius 3 is 2.73 bits per heavy atom. The summed E-state index contributed by atoms with van der Waals surface area (Å²) >= 11 is 0. The normalized spacial score (nSPS) is 12.1. The van der Waals surface area contributed by atoms with Crippen molar-refractivity contribution < 1.29 is 9.32 Å². The van der Waals surface area contributed by atoms with Crippen molar-refractivity contribution in [3.05, 3.63) is 35.7 Å². The van der Waals surface area contributed by atoms with Gasteiger partial charge in [-0.2, -0.15) is 4.98 Å². The van der Waals surface area contributed by atoms with Gasteiger partial charge in [0.25, 0.3) is 0 Å². The van der Waals surface area contributed by atoms with E-state index in [1.807, 2.05) is 38.1 Å². The average molecular weight is 301 g/mol. The molecule has 1 heterocycles. The molecule has 1 aromatic carbocycles. The Labute approximate surface area is 131 Å². The van der Waals surface area contributed by atoms with Gasteiger partial charge in [-0.05, 0) is 20.3 Å². The molecule has 2 aromatic rings. The molecule has 0 radical (unpaired) electrons. The minimum atomic E-state index is 0.0241. The zero-order valence-electron chi connectivity index (χ0n) is 13.4. The first-order valence-corrected chi connectivity index (χ1v) is 7.77. The van der Waals surface area contributed by atoms with E-state index in [1.165, 1.54) is 5.56 Å². The summed E-state index contributed by atoms with van der Waals surface area (Å²) < 4.78 is 5.21. The molecule has 1 amide bonds. The van der Waals surface area contributed by atoms with Crippen molar-refractivity contribution in [1.29, 1.82) is 0 Å². The summed E-state index contributed by atoms with van der Waals surface area (Å²) in [6.07, 6.45) is 2.88. The van der Waals surface area contributed by atoms with Crippen LogP contribution in [0.15, 0.2) is 28.8 Å². The number of rotatable bonds is 7. The predicted octanol–water partition coefficient (Wildman–Crippen LogP) is 3.28. The summed E-state index contributed by atoms with van der Waals surface area (Å²) in [5.74, 6) is 1.08. The van der Waals surface area contributed by atoms with Crippen LogP contribution in [0, 0.1) is 6.92 Å². The first-order valence-electron chi connectivity index (χ1n) is 7.77. The van der Waals surface area contributed by atoms with E-state index in [4.69, 9.17) is 4.52 Å². The lowest BCUT2D eigenvalue weighted by atomic mass is 10.1. The van der Waals surface area contributed by atoms with Crippen LogP contribution in [0.4, 0.5) is 0 Å². The fraction of sp³-hybridized carbons (Fsp3) is 0.471. The first kappa shape index (κ1) is 16.2. The molecule has 0 saturated carbocycles. The van der Waals surface area contributed by atoms with Gasteiger partial charge in [-0.3, -0.25) is 4.79 Å². The maximum absolute atomic E-state index is 11.8. The molecule has 2 rings (SSSR count). The molecule has 1 N–H and O–H groups in total. The lowest BCUT2D eigenvalue weighted by Gasteiger charge is -2.11. The zero-order valence-corrected chi connectivity index (χ0v) is 13.4. The molecule has 1 aromatic heterocycles. The molecule has 22 heavy (non-hydrogen) atoms. The zero-order chi connectivity index (χ0) is 15.9. The number of carbonyl (C=O) groups is 1. The maximum atomic E-state index is 11.8. The number of hydrogen-bond acceptors (Lipinski definition) is 4. The largest absolute Gasteiger partial charge is 0.354 e. The van der Waals surface area contributed by atoms with Gasteiger partial charge in [0.1, 0.15) is 0 Å². The fourth-order valence-electron chi connectivity index (χ4n) is 2.25. The van der Waals surface area contributed by atoms with Gasteiger partial charge in [0.15, 0.2) is 0 Å². The molecule has 1 unspecified atom stereocenters. The van der Waals surface area contributed by atoms with Crippen LogP contribution >= 0.6 is 0 Å². The highest BCUT2D eigenvalue weighted by Crippen LogP contribution is 2.16. The summed E-state index contributed by atoms with van der Waals surface area (Å²) in [6.45, 7) is 6.15. The van der Waals surface area contributed by atoms with Gasteiger partial charge in [-0.1, -0.05) is 48.3 Å². The van der Waals surface area contributed by atoms with Crippen LogP contribution in [0.5, 0.6) is 0 Å². The van der Waals surface area contributed by atoms with Gasteiger partial charge in [-0.15, -0.1) is 0 Å². The molecular formula is C17H23N3O2. The molecule has 0 aliphatic heterocycles. The highest BCUT2D eigenvalue weighted by molar-refractivity contribution is 5.76. The quantitative estimate of drug-likeness (QED) is 0.852. The standard InChI is InChI=1S/C17H23N3O2/c1-4-5-13(3)18-15(21)10-11-16-19-17(20-22-16)14-8-6-12(2)7-9-14/h6-9,13H,4-5,10-11H2,1-3H3,(H,18,21). The highest BCUT2D eigenvalue weighted by atomic mass is 16.5. The van der Waals surface area contributed by atoms with E-state index in [0.717, 1.165) is 18.4 Å². The molecule has 5 nitrogen and oxygen atoms in total. The van der Waals surface area contributed by atoms with E-state index < -0.39 is 0 Å². The number of hydrogen-bond donors (Lipinski definition) is 1. The topological polar surface area (TPSA) is 68.0 Å². The van der Waals surface area contributed by atoms with E-state index in [2.05, 4.69) is 22.4 Å². The lowest BCUT2D eigenvalue weighted by Crippen LogP contribution is -2.32. The number of nitrogens with zero attached hydrogens (tertiary/aromatic N) is 2. The second-order valence-corrected chi connectivity index (χ2v) is 5.63. The Kier molecular flexibility index (Phi) is 5.69. The van der Waals surface area contributed by atoms with Crippen molar-refractivity contribution in [2.24, 2.45) is 0 Å². The third-order valence-electron chi connectivity index (χ3n) is 3.47.